The number of esters is 1. The number of azo groups is 1. The molecule has 3 rings (SSSR count). The van der Waals surface area contributed by atoms with E-state index in [1.807, 2.05) is 31.2 Å². The first-order valence-electron chi connectivity index (χ1n) is 8.02. The quantitative estimate of drug-likeness (QED) is 0.537. The minimum Gasteiger partial charge on any atom is -0.466 e. The maximum Gasteiger partial charge on any atom is 0.311 e. The van der Waals surface area contributed by atoms with Crippen molar-refractivity contribution in [2.75, 3.05) is 12.3 Å². The molecule has 2 heterocycles. The second-order valence-corrected chi connectivity index (χ2v) is 5.59. The van der Waals surface area contributed by atoms with Gasteiger partial charge in [0.05, 0.1) is 24.4 Å². The van der Waals surface area contributed by atoms with Gasteiger partial charge in [0.1, 0.15) is 5.82 Å². The minimum atomic E-state index is -0.463. The molecule has 3 N–H and O–H groups in total. The number of hydrogen-bond donors (Lipinski definition) is 2. The van der Waals surface area contributed by atoms with Crippen LogP contribution in [-0.4, -0.2) is 27.2 Å². The molecule has 0 fully saturated rings. The molecular weight excluding hydrogens is 336 g/mol. The van der Waals surface area contributed by atoms with Crippen LogP contribution in [0.5, 0.6) is 0 Å². The smallest absolute Gasteiger partial charge is 0.311 e. The van der Waals surface area contributed by atoms with E-state index in [0.717, 1.165) is 10.1 Å². The van der Waals surface area contributed by atoms with E-state index in [0.29, 0.717) is 5.69 Å². The summed E-state index contributed by atoms with van der Waals surface area (Å²) in [6.07, 6.45) is -0.112. The Morgan fingerprint density at radius 2 is 2.12 bits per heavy atom. The average Bonchev–Trinajstić information content (AvgIpc) is 2.91. The van der Waals surface area contributed by atoms with Gasteiger partial charge in [-0.15, -0.1) is 5.11 Å². The van der Waals surface area contributed by atoms with Crippen molar-refractivity contribution in [1.29, 1.82) is 0 Å². The number of hydrogen-bond acceptors (Lipinski definition) is 7. The number of nitrogens with one attached hydrogen (secondary N) is 1. The lowest BCUT2D eigenvalue weighted by molar-refractivity contribution is -0.142. The van der Waals surface area contributed by atoms with Gasteiger partial charge in [-0.05, 0) is 25.5 Å². The van der Waals surface area contributed by atoms with E-state index in [1.165, 1.54) is 6.07 Å². The summed E-state index contributed by atoms with van der Waals surface area (Å²) >= 11 is 0. The summed E-state index contributed by atoms with van der Waals surface area (Å²) in [7, 11) is 0. The fraction of sp³-hybridized carbons (Fsp3) is 0.235. The number of anilines is 1. The highest BCUT2D eigenvalue weighted by atomic mass is 16.5. The van der Waals surface area contributed by atoms with Gasteiger partial charge in [-0.25, -0.2) is 4.98 Å². The summed E-state index contributed by atoms with van der Waals surface area (Å²) in [5.74, 6) is -0.310. The van der Waals surface area contributed by atoms with Crippen molar-refractivity contribution in [1.82, 2.24) is 14.6 Å². The zero-order chi connectivity index (χ0) is 18.7. The monoisotopic (exact) mass is 354 g/mol. The summed E-state index contributed by atoms with van der Waals surface area (Å²) in [4.78, 5) is 28.2. The van der Waals surface area contributed by atoms with Gasteiger partial charge in [-0.1, -0.05) is 18.2 Å². The molecule has 0 unspecified atom stereocenters. The molecule has 26 heavy (non-hydrogen) atoms. The van der Waals surface area contributed by atoms with Crippen molar-refractivity contribution >= 4 is 28.8 Å². The molecule has 0 aliphatic carbocycles. The summed E-state index contributed by atoms with van der Waals surface area (Å²) in [6.45, 7) is 3.88. The first-order valence-corrected chi connectivity index (χ1v) is 8.02. The normalized spacial score (nSPS) is 11.3. The van der Waals surface area contributed by atoms with Crippen LogP contribution >= 0.6 is 0 Å². The maximum absolute atomic E-state index is 12.2. The number of carbonyl (C=O) groups is 1. The summed E-state index contributed by atoms with van der Waals surface area (Å²) in [6, 6.07) is 8.72. The molecule has 0 amide bonds. The van der Waals surface area contributed by atoms with Gasteiger partial charge in [0.15, 0.2) is 11.3 Å². The Kier molecular flexibility index (Phi) is 4.78. The zero-order valence-electron chi connectivity index (χ0n) is 14.4. The van der Waals surface area contributed by atoms with E-state index >= 15 is 0 Å². The van der Waals surface area contributed by atoms with Crippen molar-refractivity contribution in [3.8, 4) is 0 Å². The molecule has 0 saturated heterocycles. The minimum absolute atomic E-state index is 0.112. The molecule has 0 bridgehead atoms. The molecular formula is C17H18N6O3. The number of rotatable bonds is 5. The third-order valence-electron chi connectivity index (χ3n) is 3.67. The number of fused-ring (bicyclic) bond motifs is 1. The number of aromatic amines is 1. The first-order chi connectivity index (χ1) is 12.5. The number of nitrogens with two attached hydrogens (primary N) is 1. The van der Waals surface area contributed by atoms with Crippen molar-refractivity contribution in [2.45, 2.75) is 20.3 Å². The number of nitrogen functional groups attached to an aromatic ring is 1. The third kappa shape index (κ3) is 3.46. The highest BCUT2D eigenvalue weighted by molar-refractivity contribution is 5.76. The Hall–Kier alpha value is -3.49. The van der Waals surface area contributed by atoms with Gasteiger partial charge in [0.25, 0.3) is 5.56 Å². The number of aromatic nitrogens is 3. The fourth-order valence-electron chi connectivity index (χ4n) is 2.42. The fourth-order valence-corrected chi connectivity index (χ4v) is 2.42. The van der Waals surface area contributed by atoms with Gasteiger partial charge in [0, 0.05) is 6.07 Å². The molecule has 134 valence electrons. The molecule has 9 nitrogen and oxygen atoms in total. The first kappa shape index (κ1) is 17.3. The van der Waals surface area contributed by atoms with Crippen LogP contribution in [0.2, 0.25) is 0 Å². The van der Waals surface area contributed by atoms with Crippen LogP contribution in [0.25, 0.3) is 5.65 Å². The molecule has 0 atom stereocenters. The van der Waals surface area contributed by atoms with Crippen LogP contribution in [0.15, 0.2) is 45.4 Å². The van der Waals surface area contributed by atoms with E-state index in [4.69, 9.17) is 10.5 Å². The van der Waals surface area contributed by atoms with Gasteiger partial charge in [-0.3, -0.25) is 14.7 Å². The zero-order valence-corrected chi connectivity index (χ0v) is 14.4. The van der Waals surface area contributed by atoms with Gasteiger partial charge in [0.2, 0.25) is 0 Å². The van der Waals surface area contributed by atoms with Crippen molar-refractivity contribution in [3.63, 3.8) is 0 Å². The van der Waals surface area contributed by atoms with Crippen molar-refractivity contribution in [2.24, 2.45) is 10.2 Å². The standard InChI is InChI=1S/C17H18N6O3/c1-3-26-14(25)9-11-8-13(24)23-17(19-11)15(16(18)22-23)21-20-12-7-5-4-6-10(12)2/h4-8,22H,3,9,18H2,1-2H3. The molecule has 3 aromatic rings. The molecule has 0 aliphatic heterocycles. The Labute approximate surface area is 148 Å². The lowest BCUT2D eigenvalue weighted by Gasteiger charge is -2.02. The number of carbonyl (C=O) groups excluding carboxylic acids is 1. The predicted octanol–water partition coefficient (Wildman–Crippen LogP) is 2.43. The molecule has 0 saturated carbocycles. The van der Waals surface area contributed by atoms with E-state index < -0.39 is 11.5 Å². The largest absolute Gasteiger partial charge is 0.466 e. The van der Waals surface area contributed by atoms with Gasteiger partial charge >= 0.3 is 5.97 Å². The van der Waals surface area contributed by atoms with Crippen LogP contribution in [0.3, 0.4) is 0 Å². The number of benzene rings is 1. The van der Waals surface area contributed by atoms with E-state index in [1.54, 1.807) is 6.92 Å². The number of nitrogens with zero attached hydrogens (tertiary/aromatic N) is 4. The second kappa shape index (κ2) is 7.18. The van der Waals surface area contributed by atoms with Crippen molar-refractivity contribution < 1.29 is 9.53 Å². The molecule has 9 heteroatoms. The van der Waals surface area contributed by atoms with E-state index in [2.05, 4.69) is 20.3 Å². The third-order valence-corrected chi connectivity index (χ3v) is 3.67. The maximum atomic E-state index is 12.2. The molecule has 0 radical (unpaired) electrons. The number of ether oxygens (including phenoxy) is 1. The SMILES string of the molecule is CCOC(=O)Cc1cc(=O)n2[nH]c(N)c(N=Nc3ccccc3C)c2n1. The Morgan fingerprint density at radius 1 is 1.35 bits per heavy atom. The number of H-pyrrole nitrogens is 1. The lowest BCUT2D eigenvalue weighted by atomic mass is 10.2. The van der Waals surface area contributed by atoms with Crippen LogP contribution in [0.4, 0.5) is 17.2 Å². The van der Waals surface area contributed by atoms with Gasteiger partial charge < -0.3 is 10.5 Å². The van der Waals surface area contributed by atoms with Gasteiger partial charge in [-0.2, -0.15) is 9.63 Å². The van der Waals surface area contributed by atoms with Crippen LogP contribution < -0.4 is 11.3 Å². The number of aryl methyl sites for hydroxylation is 1. The molecule has 0 spiro atoms. The lowest BCUT2D eigenvalue weighted by Crippen LogP contribution is -2.18. The van der Waals surface area contributed by atoms with Crippen molar-refractivity contribution in [3.05, 3.63) is 51.9 Å². The predicted molar refractivity (Wildman–Crippen MR) is 95.9 cm³/mol. The highest BCUT2D eigenvalue weighted by Crippen LogP contribution is 2.28. The topological polar surface area (TPSA) is 127 Å². The van der Waals surface area contributed by atoms with Crippen LogP contribution in [0.1, 0.15) is 18.2 Å². The summed E-state index contributed by atoms with van der Waals surface area (Å²) in [5, 5.41) is 11.0. The van der Waals surface area contributed by atoms with Crippen LogP contribution in [0, 0.1) is 6.92 Å². The second-order valence-electron chi connectivity index (χ2n) is 5.59. The molecule has 1 aromatic carbocycles. The molecule has 0 aliphatic rings. The highest BCUT2D eigenvalue weighted by Gasteiger charge is 2.15. The summed E-state index contributed by atoms with van der Waals surface area (Å²) < 4.78 is 6.05. The Balaban J connectivity index is 2.04. The average molecular weight is 354 g/mol. The van der Waals surface area contributed by atoms with E-state index in [-0.39, 0.29) is 35.9 Å². The Morgan fingerprint density at radius 3 is 2.85 bits per heavy atom. The Bertz CT molecular complexity index is 1050. The molecule has 2 aromatic heterocycles. The van der Waals surface area contributed by atoms with Crippen LogP contribution in [-0.2, 0) is 16.0 Å². The summed E-state index contributed by atoms with van der Waals surface area (Å²) in [5.41, 5.74) is 7.85. The van der Waals surface area contributed by atoms with E-state index in [9.17, 15) is 9.59 Å².